The van der Waals surface area contributed by atoms with Crippen LogP contribution in [-0.4, -0.2) is 11.1 Å². The van der Waals surface area contributed by atoms with Gasteiger partial charge in [-0.1, -0.05) is 71.4 Å². The Morgan fingerprint density at radius 1 is 0.700 bits per heavy atom. The third kappa shape index (κ3) is 10.1. The summed E-state index contributed by atoms with van der Waals surface area (Å²) in [4.78, 5) is 11.2. The lowest BCUT2D eigenvalue weighted by Gasteiger charge is -2.19. The molecule has 1 aromatic rings. The third-order valence-electron chi connectivity index (χ3n) is 6.56. The molecule has 0 radical (unpaired) electrons. The molecule has 30 heavy (non-hydrogen) atoms. The van der Waals surface area contributed by atoms with Crippen molar-refractivity contribution in [2.45, 2.75) is 126 Å². The Labute approximate surface area is 186 Å². The summed E-state index contributed by atoms with van der Waals surface area (Å²) in [5.41, 5.74) is 5.94. The Bertz CT molecular complexity index is 649. The summed E-state index contributed by atoms with van der Waals surface area (Å²) in [6.07, 6.45) is 14.3. The largest absolute Gasteiger partial charge is 0.481 e. The van der Waals surface area contributed by atoms with Gasteiger partial charge in [-0.25, -0.2) is 0 Å². The summed E-state index contributed by atoms with van der Waals surface area (Å²) in [6.45, 7) is 15.2. The molecule has 0 heterocycles. The number of hydrogen-bond acceptors (Lipinski definition) is 1. The van der Waals surface area contributed by atoms with Crippen molar-refractivity contribution in [2.24, 2.45) is 10.8 Å². The second kappa shape index (κ2) is 12.5. The number of rotatable bonds is 14. The van der Waals surface area contributed by atoms with Gasteiger partial charge in [0.2, 0.25) is 0 Å². The van der Waals surface area contributed by atoms with Crippen LogP contribution in [0.1, 0.15) is 121 Å². The van der Waals surface area contributed by atoms with E-state index in [1.54, 1.807) is 11.1 Å². The third-order valence-corrected chi connectivity index (χ3v) is 6.56. The number of carbonyl (C=O) groups is 1. The van der Waals surface area contributed by atoms with Crippen LogP contribution in [-0.2, 0) is 17.6 Å². The van der Waals surface area contributed by atoms with Crippen molar-refractivity contribution in [1.29, 1.82) is 0 Å². The van der Waals surface area contributed by atoms with Crippen LogP contribution in [0.15, 0.2) is 12.1 Å². The minimum absolute atomic E-state index is 0.462. The molecule has 0 bridgehead atoms. The van der Waals surface area contributed by atoms with E-state index >= 15 is 0 Å². The molecule has 0 aliphatic rings. The maximum Gasteiger partial charge on any atom is 0.309 e. The van der Waals surface area contributed by atoms with Crippen LogP contribution in [0.4, 0.5) is 0 Å². The van der Waals surface area contributed by atoms with Gasteiger partial charge in [0.15, 0.2) is 0 Å². The molecule has 1 N–H and O–H groups in total. The number of hydrogen-bond donors (Lipinski definition) is 1. The second-order valence-corrected chi connectivity index (χ2v) is 11.2. The fraction of sp³-hybridized carbons (Fsp3) is 0.750. The molecule has 0 amide bonds. The van der Waals surface area contributed by atoms with Gasteiger partial charge in [0.1, 0.15) is 0 Å². The van der Waals surface area contributed by atoms with Crippen molar-refractivity contribution >= 4 is 5.97 Å². The van der Waals surface area contributed by atoms with Gasteiger partial charge in [-0.2, -0.15) is 0 Å². The maximum absolute atomic E-state index is 11.2. The highest BCUT2D eigenvalue weighted by Gasteiger charge is 2.25. The molecule has 0 fully saturated rings. The average molecular weight is 417 g/mol. The van der Waals surface area contributed by atoms with Crippen molar-refractivity contribution in [3.63, 3.8) is 0 Å². The van der Waals surface area contributed by atoms with E-state index in [4.69, 9.17) is 0 Å². The highest BCUT2D eigenvalue weighted by Crippen LogP contribution is 2.27. The lowest BCUT2D eigenvalue weighted by Crippen LogP contribution is -2.23. The second-order valence-electron chi connectivity index (χ2n) is 11.2. The lowest BCUT2D eigenvalue weighted by molar-refractivity contribution is -0.147. The standard InChI is InChI=1S/C28H48O2/c1-22-18-19-23(2)25(17-13-9-11-15-21-28(6,7)26(29)30)24(22)16-12-8-10-14-20-27(3,4)5/h18-19H,8-17,20-21H2,1-7H3,(H,29,30). The molecule has 2 heteroatoms. The number of benzene rings is 1. The van der Waals surface area contributed by atoms with E-state index in [1.165, 1.54) is 62.5 Å². The molecule has 0 aliphatic heterocycles. The van der Waals surface area contributed by atoms with E-state index in [2.05, 4.69) is 46.8 Å². The first-order chi connectivity index (χ1) is 13.9. The molecule has 0 spiro atoms. The molecule has 0 saturated heterocycles. The van der Waals surface area contributed by atoms with Crippen molar-refractivity contribution in [3.05, 3.63) is 34.4 Å². The van der Waals surface area contributed by atoms with Crippen LogP contribution in [0.25, 0.3) is 0 Å². The van der Waals surface area contributed by atoms with Gasteiger partial charge in [-0.15, -0.1) is 0 Å². The molecule has 1 rings (SSSR count). The van der Waals surface area contributed by atoms with E-state index in [0.29, 0.717) is 5.41 Å². The minimum atomic E-state index is -0.680. The van der Waals surface area contributed by atoms with Gasteiger partial charge in [-0.05, 0) is 93.9 Å². The number of unbranched alkanes of at least 4 members (excludes halogenated alkanes) is 6. The zero-order valence-corrected chi connectivity index (χ0v) is 21.0. The Hall–Kier alpha value is -1.31. The van der Waals surface area contributed by atoms with Crippen LogP contribution < -0.4 is 0 Å². The molecule has 0 saturated carbocycles. The molecule has 2 nitrogen and oxygen atoms in total. The highest BCUT2D eigenvalue weighted by molar-refractivity contribution is 5.73. The lowest BCUT2D eigenvalue weighted by atomic mass is 9.86. The molecule has 0 aromatic heterocycles. The SMILES string of the molecule is Cc1ccc(C)c(CCCCCCC(C)(C)C(=O)O)c1CCCCCCC(C)(C)C. The summed E-state index contributed by atoms with van der Waals surface area (Å²) in [5, 5.41) is 9.23. The number of carboxylic acid groups (broad SMARTS) is 1. The Balaban J connectivity index is 2.45. The van der Waals surface area contributed by atoms with Crippen molar-refractivity contribution < 1.29 is 9.90 Å². The molecule has 0 aliphatic carbocycles. The summed E-state index contributed by atoms with van der Waals surface area (Å²) < 4.78 is 0. The van der Waals surface area contributed by atoms with Crippen molar-refractivity contribution in [3.8, 4) is 0 Å². The van der Waals surface area contributed by atoms with Gasteiger partial charge >= 0.3 is 5.97 Å². The quantitative estimate of drug-likeness (QED) is 0.309. The molecular formula is C28H48O2. The Morgan fingerprint density at radius 3 is 1.50 bits per heavy atom. The number of aliphatic carboxylic acids is 1. The normalized spacial score (nSPS) is 12.4. The molecular weight excluding hydrogens is 368 g/mol. The van der Waals surface area contributed by atoms with Crippen LogP contribution in [0.5, 0.6) is 0 Å². The van der Waals surface area contributed by atoms with Gasteiger partial charge in [0.05, 0.1) is 5.41 Å². The number of aryl methyl sites for hydroxylation is 2. The monoisotopic (exact) mass is 416 g/mol. The number of carboxylic acids is 1. The van der Waals surface area contributed by atoms with E-state index in [-0.39, 0.29) is 0 Å². The van der Waals surface area contributed by atoms with Crippen molar-refractivity contribution in [2.75, 3.05) is 0 Å². The molecule has 172 valence electrons. The first-order valence-electron chi connectivity index (χ1n) is 12.3. The zero-order chi connectivity index (χ0) is 22.8. The van der Waals surface area contributed by atoms with Crippen LogP contribution in [0, 0.1) is 24.7 Å². The first kappa shape index (κ1) is 26.7. The van der Waals surface area contributed by atoms with Crippen molar-refractivity contribution in [1.82, 2.24) is 0 Å². The van der Waals surface area contributed by atoms with Gasteiger partial charge in [0, 0.05) is 0 Å². The van der Waals surface area contributed by atoms with E-state index in [1.807, 2.05) is 13.8 Å². The minimum Gasteiger partial charge on any atom is -0.481 e. The van der Waals surface area contributed by atoms with E-state index in [0.717, 1.165) is 25.7 Å². The van der Waals surface area contributed by atoms with Gasteiger partial charge < -0.3 is 5.11 Å². The van der Waals surface area contributed by atoms with E-state index in [9.17, 15) is 9.90 Å². The van der Waals surface area contributed by atoms with Crippen LogP contribution in [0.2, 0.25) is 0 Å². The maximum atomic E-state index is 11.2. The summed E-state index contributed by atoms with van der Waals surface area (Å²) >= 11 is 0. The molecule has 0 atom stereocenters. The predicted molar refractivity (Wildman–Crippen MR) is 130 cm³/mol. The highest BCUT2D eigenvalue weighted by atomic mass is 16.4. The van der Waals surface area contributed by atoms with Crippen LogP contribution >= 0.6 is 0 Å². The Kier molecular flexibility index (Phi) is 11.2. The topological polar surface area (TPSA) is 37.3 Å². The summed E-state index contributed by atoms with van der Waals surface area (Å²) in [5.74, 6) is -0.680. The fourth-order valence-electron chi connectivity index (χ4n) is 4.26. The van der Waals surface area contributed by atoms with E-state index < -0.39 is 11.4 Å². The van der Waals surface area contributed by atoms with Gasteiger partial charge in [0.25, 0.3) is 0 Å². The molecule has 0 unspecified atom stereocenters. The summed E-state index contributed by atoms with van der Waals surface area (Å²) in [7, 11) is 0. The van der Waals surface area contributed by atoms with Gasteiger partial charge in [-0.3, -0.25) is 4.79 Å². The smallest absolute Gasteiger partial charge is 0.309 e. The fourth-order valence-corrected chi connectivity index (χ4v) is 4.26. The van der Waals surface area contributed by atoms with Crippen LogP contribution in [0.3, 0.4) is 0 Å². The zero-order valence-electron chi connectivity index (χ0n) is 21.0. The summed E-state index contributed by atoms with van der Waals surface area (Å²) in [6, 6.07) is 4.58. The predicted octanol–water partition coefficient (Wildman–Crippen LogP) is 8.45. The molecule has 1 aromatic carbocycles. The average Bonchev–Trinajstić information content (AvgIpc) is 2.63. The Morgan fingerprint density at radius 2 is 1.10 bits per heavy atom. The first-order valence-corrected chi connectivity index (χ1v) is 12.3.